The molecular formula is C24H24ClN3O2. The van der Waals surface area contributed by atoms with Gasteiger partial charge < -0.3 is 10.1 Å². The van der Waals surface area contributed by atoms with Crippen molar-refractivity contribution in [3.8, 4) is 5.75 Å². The number of nitrogens with zero attached hydrogens (tertiary/aromatic N) is 2. The second kappa shape index (κ2) is 9.74. The Labute approximate surface area is 181 Å². The Hall–Kier alpha value is -2.89. The number of ether oxygens (including phenoxy) is 1. The van der Waals surface area contributed by atoms with Gasteiger partial charge in [-0.1, -0.05) is 41.9 Å². The first-order valence-electron chi connectivity index (χ1n) is 10.0. The first kappa shape index (κ1) is 20.4. The number of pyridine rings is 1. The maximum Gasteiger partial charge on any atom is 0.258 e. The van der Waals surface area contributed by atoms with E-state index in [1.807, 2.05) is 12.3 Å². The highest BCUT2D eigenvalue weighted by Gasteiger charge is 2.25. The van der Waals surface area contributed by atoms with Crippen LogP contribution in [0.3, 0.4) is 0 Å². The number of halogens is 1. The molecule has 1 amide bonds. The lowest BCUT2D eigenvalue weighted by atomic mass is 9.97. The number of fused-ring (bicyclic) bond motifs is 1. The summed E-state index contributed by atoms with van der Waals surface area (Å²) in [4.78, 5) is 19.1. The van der Waals surface area contributed by atoms with E-state index in [1.54, 1.807) is 30.5 Å². The Balaban J connectivity index is 1.40. The van der Waals surface area contributed by atoms with Crippen LogP contribution < -0.4 is 10.1 Å². The summed E-state index contributed by atoms with van der Waals surface area (Å²) in [5, 5.41) is 3.66. The lowest BCUT2D eigenvalue weighted by molar-refractivity contribution is -0.123. The van der Waals surface area contributed by atoms with E-state index in [-0.39, 0.29) is 18.6 Å². The molecule has 1 aliphatic rings. The molecule has 0 aliphatic carbocycles. The molecule has 4 rings (SSSR count). The van der Waals surface area contributed by atoms with Crippen LogP contribution in [0.15, 0.2) is 73.1 Å². The van der Waals surface area contributed by atoms with Crippen LogP contribution >= 0.6 is 11.6 Å². The zero-order valence-electron chi connectivity index (χ0n) is 16.6. The van der Waals surface area contributed by atoms with E-state index in [2.05, 4.69) is 45.5 Å². The first-order chi connectivity index (χ1) is 14.7. The minimum atomic E-state index is -0.156. The summed E-state index contributed by atoms with van der Waals surface area (Å²) in [5.74, 6) is 0.460. The van der Waals surface area contributed by atoms with Crippen molar-refractivity contribution in [3.63, 3.8) is 0 Å². The van der Waals surface area contributed by atoms with Crippen LogP contribution in [0.2, 0.25) is 5.02 Å². The minimum absolute atomic E-state index is 0.0375. The molecule has 6 heteroatoms. The third-order valence-electron chi connectivity index (χ3n) is 5.35. The van der Waals surface area contributed by atoms with Crippen molar-refractivity contribution < 1.29 is 9.53 Å². The van der Waals surface area contributed by atoms with Gasteiger partial charge in [0.05, 0.1) is 6.04 Å². The predicted molar refractivity (Wildman–Crippen MR) is 117 cm³/mol. The zero-order chi connectivity index (χ0) is 20.8. The van der Waals surface area contributed by atoms with Crippen LogP contribution in [-0.2, 0) is 17.8 Å². The molecule has 0 radical (unpaired) electrons. The number of hydrogen-bond acceptors (Lipinski definition) is 4. The second-order valence-corrected chi connectivity index (χ2v) is 7.77. The lowest BCUT2D eigenvalue weighted by Crippen LogP contribution is -2.41. The molecule has 30 heavy (non-hydrogen) atoms. The fraction of sp³-hybridized carbons (Fsp3) is 0.250. The molecular weight excluding hydrogens is 398 g/mol. The molecule has 154 valence electrons. The topological polar surface area (TPSA) is 54.5 Å². The normalized spacial score (nSPS) is 14.6. The van der Waals surface area contributed by atoms with E-state index in [9.17, 15) is 4.79 Å². The average molecular weight is 422 g/mol. The van der Waals surface area contributed by atoms with Crippen molar-refractivity contribution in [1.82, 2.24) is 15.2 Å². The van der Waals surface area contributed by atoms with Gasteiger partial charge in [-0.2, -0.15) is 0 Å². The molecule has 0 spiro atoms. The summed E-state index contributed by atoms with van der Waals surface area (Å²) >= 11 is 5.88. The number of amides is 1. The van der Waals surface area contributed by atoms with Gasteiger partial charge in [0.1, 0.15) is 5.75 Å². The van der Waals surface area contributed by atoms with Gasteiger partial charge in [0.2, 0.25) is 0 Å². The number of nitrogens with one attached hydrogen (secondary N) is 1. The van der Waals surface area contributed by atoms with Crippen LogP contribution in [0.25, 0.3) is 0 Å². The molecule has 2 heterocycles. The summed E-state index contributed by atoms with van der Waals surface area (Å²) in [6, 6.07) is 19.6. The molecule has 0 saturated carbocycles. The molecule has 1 unspecified atom stereocenters. The van der Waals surface area contributed by atoms with Crippen molar-refractivity contribution in [2.24, 2.45) is 0 Å². The third kappa shape index (κ3) is 5.17. The van der Waals surface area contributed by atoms with Crippen LogP contribution in [0, 0.1) is 0 Å². The number of rotatable bonds is 7. The highest BCUT2D eigenvalue weighted by molar-refractivity contribution is 6.30. The summed E-state index contributed by atoms with van der Waals surface area (Å²) in [6.45, 7) is 2.25. The molecule has 1 aliphatic heterocycles. The maximum absolute atomic E-state index is 12.4. The molecule has 0 saturated heterocycles. The van der Waals surface area contributed by atoms with Crippen molar-refractivity contribution in [2.45, 2.75) is 19.0 Å². The van der Waals surface area contributed by atoms with E-state index in [0.717, 1.165) is 25.1 Å². The van der Waals surface area contributed by atoms with Gasteiger partial charge in [-0.05, 0) is 53.4 Å². The Kier molecular flexibility index (Phi) is 6.62. The molecule has 0 bridgehead atoms. The monoisotopic (exact) mass is 421 g/mol. The molecule has 1 N–H and O–H groups in total. The van der Waals surface area contributed by atoms with Crippen LogP contribution in [0.4, 0.5) is 0 Å². The van der Waals surface area contributed by atoms with Crippen LogP contribution in [-0.4, -0.2) is 35.5 Å². The standard InChI is InChI=1S/C24H24ClN3O2/c25-21-7-9-22(10-8-21)30-17-24(29)27-15-23(19-6-3-12-26-14-19)28-13-11-18-4-1-2-5-20(18)16-28/h1-10,12,14,23H,11,13,15-17H2,(H,27,29). The van der Waals surface area contributed by atoms with Gasteiger partial charge in [0.25, 0.3) is 5.91 Å². The van der Waals surface area contributed by atoms with Gasteiger partial charge in [-0.3, -0.25) is 14.7 Å². The highest BCUT2D eigenvalue weighted by atomic mass is 35.5. The van der Waals surface area contributed by atoms with Crippen molar-refractivity contribution in [3.05, 3.63) is 94.8 Å². The molecule has 2 aromatic carbocycles. The van der Waals surface area contributed by atoms with Gasteiger partial charge in [0, 0.05) is 37.1 Å². The summed E-state index contributed by atoms with van der Waals surface area (Å²) in [7, 11) is 0. The number of benzene rings is 2. The van der Waals surface area contributed by atoms with Crippen molar-refractivity contribution in [1.29, 1.82) is 0 Å². The first-order valence-corrected chi connectivity index (χ1v) is 10.4. The Morgan fingerprint density at radius 1 is 1.10 bits per heavy atom. The SMILES string of the molecule is O=C(COc1ccc(Cl)cc1)NCC(c1cccnc1)N1CCc2ccccc2C1. The summed E-state index contributed by atoms with van der Waals surface area (Å²) < 4.78 is 5.56. The number of carbonyl (C=O) groups excluding carboxylic acids is 1. The largest absolute Gasteiger partial charge is 0.484 e. The summed E-state index contributed by atoms with van der Waals surface area (Å²) in [5.41, 5.74) is 3.84. The molecule has 0 fully saturated rings. The zero-order valence-corrected chi connectivity index (χ0v) is 17.4. The number of hydrogen-bond donors (Lipinski definition) is 1. The fourth-order valence-corrected chi connectivity index (χ4v) is 3.88. The van der Waals surface area contributed by atoms with Crippen molar-refractivity contribution in [2.75, 3.05) is 19.7 Å². The van der Waals surface area contributed by atoms with E-state index in [0.29, 0.717) is 17.3 Å². The summed E-state index contributed by atoms with van der Waals surface area (Å²) in [6.07, 6.45) is 4.65. The Bertz CT molecular complexity index is 979. The third-order valence-corrected chi connectivity index (χ3v) is 5.60. The van der Waals surface area contributed by atoms with Gasteiger partial charge >= 0.3 is 0 Å². The molecule has 1 aromatic heterocycles. The molecule has 3 aromatic rings. The van der Waals surface area contributed by atoms with Crippen LogP contribution in [0.5, 0.6) is 5.75 Å². The fourth-order valence-electron chi connectivity index (χ4n) is 3.76. The predicted octanol–water partition coefficient (Wildman–Crippen LogP) is 4.03. The average Bonchev–Trinajstić information content (AvgIpc) is 2.79. The Morgan fingerprint density at radius 3 is 2.67 bits per heavy atom. The highest BCUT2D eigenvalue weighted by Crippen LogP contribution is 2.27. The number of aromatic nitrogens is 1. The lowest BCUT2D eigenvalue weighted by Gasteiger charge is -2.36. The van der Waals surface area contributed by atoms with Crippen molar-refractivity contribution >= 4 is 17.5 Å². The smallest absolute Gasteiger partial charge is 0.258 e. The van der Waals surface area contributed by atoms with E-state index >= 15 is 0 Å². The van der Waals surface area contributed by atoms with E-state index < -0.39 is 0 Å². The molecule has 5 nitrogen and oxygen atoms in total. The Morgan fingerprint density at radius 2 is 1.90 bits per heavy atom. The minimum Gasteiger partial charge on any atom is -0.484 e. The van der Waals surface area contributed by atoms with E-state index in [4.69, 9.17) is 16.3 Å². The quantitative estimate of drug-likeness (QED) is 0.625. The maximum atomic E-state index is 12.4. The molecule has 1 atom stereocenters. The van der Waals surface area contributed by atoms with Gasteiger partial charge in [0.15, 0.2) is 6.61 Å². The van der Waals surface area contributed by atoms with E-state index in [1.165, 1.54) is 11.1 Å². The number of carbonyl (C=O) groups is 1. The van der Waals surface area contributed by atoms with Crippen LogP contribution in [0.1, 0.15) is 22.7 Å². The van der Waals surface area contributed by atoms with Gasteiger partial charge in [-0.25, -0.2) is 0 Å². The van der Waals surface area contributed by atoms with Gasteiger partial charge in [-0.15, -0.1) is 0 Å². The second-order valence-electron chi connectivity index (χ2n) is 7.34.